The molecule has 22 heavy (non-hydrogen) atoms. The van der Waals surface area contributed by atoms with Gasteiger partial charge >= 0.3 is 0 Å². The van der Waals surface area contributed by atoms with Gasteiger partial charge in [0.2, 0.25) is 5.91 Å². The summed E-state index contributed by atoms with van der Waals surface area (Å²) in [5, 5.41) is 12.5. The van der Waals surface area contributed by atoms with Gasteiger partial charge in [-0.25, -0.2) is 15.1 Å². The van der Waals surface area contributed by atoms with E-state index in [2.05, 4.69) is 10.3 Å². The van der Waals surface area contributed by atoms with Crippen molar-refractivity contribution in [1.29, 1.82) is 0 Å². The zero-order valence-corrected chi connectivity index (χ0v) is 12.2. The van der Waals surface area contributed by atoms with E-state index in [-0.39, 0.29) is 12.4 Å². The van der Waals surface area contributed by atoms with Crippen LogP contribution in [0.15, 0.2) is 35.3 Å². The minimum Gasteiger partial charge on any atom is -0.368 e. The van der Waals surface area contributed by atoms with Crippen LogP contribution in [0.4, 0.5) is 0 Å². The van der Waals surface area contributed by atoms with Crippen LogP contribution in [-0.2, 0) is 11.3 Å². The van der Waals surface area contributed by atoms with Crippen LogP contribution >= 0.6 is 0 Å². The summed E-state index contributed by atoms with van der Waals surface area (Å²) in [6, 6.07) is 8.52. The SMILES string of the molecule is CC(C[C@H](NCc1ccccc1)C(N)=O)N=C(N)N[N+](=O)[O-]. The molecule has 0 heterocycles. The van der Waals surface area contributed by atoms with E-state index in [1.807, 2.05) is 30.3 Å². The second-order valence-corrected chi connectivity index (χ2v) is 4.79. The summed E-state index contributed by atoms with van der Waals surface area (Å²) in [6.45, 7) is 2.17. The second-order valence-electron chi connectivity index (χ2n) is 4.79. The van der Waals surface area contributed by atoms with Gasteiger partial charge in [0.05, 0.1) is 12.1 Å². The largest absolute Gasteiger partial charge is 0.368 e. The fourth-order valence-corrected chi connectivity index (χ4v) is 1.89. The topological polar surface area (TPSA) is 149 Å². The lowest BCUT2D eigenvalue weighted by atomic mass is 10.1. The molecule has 120 valence electrons. The number of rotatable bonds is 8. The first kappa shape index (κ1) is 17.4. The van der Waals surface area contributed by atoms with Crippen molar-refractivity contribution >= 4 is 11.9 Å². The third kappa shape index (κ3) is 6.66. The van der Waals surface area contributed by atoms with Crippen LogP contribution in [0.5, 0.6) is 0 Å². The molecule has 1 aromatic rings. The standard InChI is InChI=1S/C13H20N6O3/c1-9(17-13(15)18-19(21)22)7-11(12(14)20)16-8-10-5-3-2-4-6-10/h2-6,9,11,16H,7-8H2,1H3,(H2,14,20)(H3,15,17,18)/t9?,11-/m0/s1. The van der Waals surface area contributed by atoms with E-state index >= 15 is 0 Å². The molecule has 2 atom stereocenters. The van der Waals surface area contributed by atoms with E-state index in [1.54, 1.807) is 12.3 Å². The summed E-state index contributed by atoms with van der Waals surface area (Å²) >= 11 is 0. The van der Waals surface area contributed by atoms with Gasteiger partial charge in [-0.05, 0) is 18.9 Å². The predicted octanol–water partition coefficient (Wildman–Crippen LogP) is -0.495. The fraction of sp³-hybridized carbons (Fsp3) is 0.385. The highest BCUT2D eigenvalue weighted by atomic mass is 16.7. The summed E-state index contributed by atoms with van der Waals surface area (Å²) in [5.74, 6) is -0.831. The molecule has 6 N–H and O–H groups in total. The van der Waals surface area contributed by atoms with Crippen molar-refractivity contribution in [2.45, 2.75) is 32.0 Å². The van der Waals surface area contributed by atoms with E-state index in [0.717, 1.165) is 5.56 Å². The summed E-state index contributed by atoms with van der Waals surface area (Å²) in [6.07, 6.45) is 0.280. The number of aliphatic imine (C=N–C) groups is 1. The lowest BCUT2D eigenvalue weighted by Gasteiger charge is -2.17. The smallest absolute Gasteiger partial charge is 0.251 e. The van der Waals surface area contributed by atoms with Gasteiger partial charge < -0.3 is 16.8 Å². The number of nitrogens with one attached hydrogen (secondary N) is 2. The van der Waals surface area contributed by atoms with Crippen molar-refractivity contribution in [3.05, 3.63) is 46.0 Å². The van der Waals surface area contributed by atoms with Crippen LogP contribution < -0.4 is 22.2 Å². The Bertz CT molecular complexity index is 534. The maximum absolute atomic E-state index is 11.5. The number of amides is 1. The number of nitrogens with two attached hydrogens (primary N) is 2. The summed E-state index contributed by atoms with van der Waals surface area (Å²) < 4.78 is 0. The average molecular weight is 308 g/mol. The summed E-state index contributed by atoms with van der Waals surface area (Å²) in [5.41, 5.74) is 13.5. The Kier molecular flexibility index (Phi) is 6.77. The van der Waals surface area contributed by atoms with Crippen molar-refractivity contribution in [2.75, 3.05) is 0 Å². The van der Waals surface area contributed by atoms with Gasteiger partial charge in [-0.15, -0.1) is 0 Å². The number of benzene rings is 1. The molecule has 0 saturated carbocycles. The molecule has 0 aliphatic heterocycles. The summed E-state index contributed by atoms with van der Waals surface area (Å²) in [7, 11) is 0. The van der Waals surface area contributed by atoms with E-state index in [0.29, 0.717) is 6.54 Å². The molecule has 1 amide bonds. The number of carbonyl (C=O) groups excluding carboxylic acids is 1. The van der Waals surface area contributed by atoms with Crippen molar-refractivity contribution in [2.24, 2.45) is 16.5 Å². The maximum atomic E-state index is 11.5. The molecule has 0 fully saturated rings. The first-order valence-electron chi connectivity index (χ1n) is 6.69. The monoisotopic (exact) mass is 308 g/mol. The van der Waals surface area contributed by atoms with Crippen LogP contribution in [0.25, 0.3) is 0 Å². The molecule has 0 aliphatic rings. The van der Waals surface area contributed by atoms with Gasteiger partial charge in [-0.1, -0.05) is 35.8 Å². The van der Waals surface area contributed by atoms with Crippen molar-refractivity contribution in [1.82, 2.24) is 10.7 Å². The minimum absolute atomic E-state index is 0.280. The Morgan fingerprint density at radius 2 is 2.00 bits per heavy atom. The number of guanidine groups is 1. The van der Waals surface area contributed by atoms with Crippen molar-refractivity contribution in [3.63, 3.8) is 0 Å². The number of primary amides is 1. The maximum Gasteiger partial charge on any atom is 0.251 e. The number of nitro groups is 1. The number of carbonyl (C=O) groups is 1. The van der Waals surface area contributed by atoms with E-state index in [1.165, 1.54) is 0 Å². The first-order valence-corrected chi connectivity index (χ1v) is 6.69. The van der Waals surface area contributed by atoms with Crippen LogP contribution in [0.2, 0.25) is 0 Å². The van der Waals surface area contributed by atoms with E-state index < -0.39 is 23.0 Å². The Hall–Kier alpha value is -2.68. The number of hydrazine groups is 1. The first-order chi connectivity index (χ1) is 10.4. The molecular formula is C13H20N6O3. The highest BCUT2D eigenvalue weighted by Gasteiger charge is 2.18. The molecule has 0 aromatic heterocycles. The number of hydrogen-bond donors (Lipinski definition) is 4. The zero-order valence-electron chi connectivity index (χ0n) is 12.2. The van der Waals surface area contributed by atoms with Gasteiger partial charge in [-0.3, -0.25) is 4.79 Å². The molecule has 1 unspecified atom stereocenters. The normalized spacial score (nSPS) is 14.1. The van der Waals surface area contributed by atoms with Gasteiger partial charge in [-0.2, -0.15) is 0 Å². The quantitative estimate of drug-likeness (QED) is 0.220. The average Bonchev–Trinajstić information content (AvgIpc) is 2.43. The lowest BCUT2D eigenvalue weighted by molar-refractivity contribution is -0.525. The predicted molar refractivity (Wildman–Crippen MR) is 82.1 cm³/mol. The number of nitrogens with zero attached hydrogens (tertiary/aromatic N) is 2. The molecule has 0 spiro atoms. The van der Waals surface area contributed by atoms with E-state index in [4.69, 9.17) is 11.5 Å². The number of hydrogen-bond acceptors (Lipinski definition) is 5. The Morgan fingerprint density at radius 3 is 2.55 bits per heavy atom. The molecular weight excluding hydrogens is 288 g/mol. The third-order valence-electron chi connectivity index (χ3n) is 2.88. The second kappa shape index (κ2) is 8.57. The van der Waals surface area contributed by atoms with Gasteiger partial charge in [0.15, 0.2) is 5.03 Å². The van der Waals surface area contributed by atoms with E-state index in [9.17, 15) is 14.9 Å². The van der Waals surface area contributed by atoms with Crippen molar-refractivity contribution in [3.8, 4) is 0 Å². The Morgan fingerprint density at radius 1 is 1.36 bits per heavy atom. The fourth-order valence-electron chi connectivity index (χ4n) is 1.89. The Balaban J connectivity index is 2.56. The third-order valence-corrected chi connectivity index (χ3v) is 2.88. The van der Waals surface area contributed by atoms with Crippen LogP contribution in [0.1, 0.15) is 18.9 Å². The lowest BCUT2D eigenvalue weighted by Crippen LogP contribution is -2.43. The Labute approximate surface area is 127 Å². The van der Waals surface area contributed by atoms with Crippen LogP contribution in [0, 0.1) is 10.1 Å². The minimum atomic E-state index is -0.801. The molecule has 0 bridgehead atoms. The van der Waals surface area contributed by atoms with Crippen LogP contribution in [0.3, 0.4) is 0 Å². The molecule has 9 nitrogen and oxygen atoms in total. The molecule has 1 rings (SSSR count). The highest BCUT2D eigenvalue weighted by Crippen LogP contribution is 2.04. The van der Waals surface area contributed by atoms with Gasteiger partial charge in [0.1, 0.15) is 0 Å². The molecule has 0 aliphatic carbocycles. The van der Waals surface area contributed by atoms with Crippen LogP contribution in [-0.4, -0.2) is 29.0 Å². The highest BCUT2D eigenvalue weighted by molar-refractivity contribution is 5.80. The molecule has 9 heteroatoms. The van der Waals surface area contributed by atoms with Gasteiger partial charge in [0, 0.05) is 6.54 Å². The molecule has 1 aromatic carbocycles. The zero-order chi connectivity index (χ0) is 16.5. The summed E-state index contributed by atoms with van der Waals surface area (Å²) in [4.78, 5) is 25.6. The van der Waals surface area contributed by atoms with Crippen molar-refractivity contribution < 1.29 is 9.83 Å². The molecule has 0 saturated heterocycles. The molecule has 0 radical (unpaired) electrons. The van der Waals surface area contributed by atoms with Gasteiger partial charge in [0.25, 0.3) is 5.96 Å².